The molecule has 1 heterocycles. The molecule has 1 aliphatic rings. The zero-order valence-electron chi connectivity index (χ0n) is 15.1. The number of hydrogen-bond acceptors (Lipinski definition) is 3. The van der Waals surface area contributed by atoms with Crippen molar-refractivity contribution >= 4 is 34.6 Å². The predicted octanol–water partition coefficient (Wildman–Crippen LogP) is 3.81. The van der Waals surface area contributed by atoms with Crippen LogP contribution in [0.5, 0.6) is 0 Å². The molecular formula is C18H29N3OS2. The first-order chi connectivity index (χ1) is 11.3. The molecule has 0 spiro atoms. The van der Waals surface area contributed by atoms with Gasteiger partial charge in [-0.25, -0.2) is 0 Å². The number of carbonyl (C=O) groups is 1. The lowest BCUT2D eigenvalue weighted by molar-refractivity contribution is 0.0942. The first-order valence-electron chi connectivity index (χ1n) is 8.76. The Morgan fingerprint density at radius 1 is 1.38 bits per heavy atom. The van der Waals surface area contributed by atoms with Gasteiger partial charge in [0.1, 0.15) is 0 Å². The summed E-state index contributed by atoms with van der Waals surface area (Å²) in [6.07, 6.45) is 5.39. The van der Waals surface area contributed by atoms with Crippen LogP contribution in [0.25, 0.3) is 0 Å². The van der Waals surface area contributed by atoms with Gasteiger partial charge in [-0.05, 0) is 54.8 Å². The van der Waals surface area contributed by atoms with Gasteiger partial charge >= 0.3 is 0 Å². The second kappa shape index (κ2) is 8.30. The molecule has 4 nitrogen and oxygen atoms in total. The SMILES string of the molecule is CCCCNC(=S)NNC(=O)c1csc2c1CC[C@@H](C(C)(C)C)C2. The molecule has 0 bridgehead atoms. The zero-order valence-corrected chi connectivity index (χ0v) is 16.8. The first-order valence-corrected chi connectivity index (χ1v) is 10.0. The smallest absolute Gasteiger partial charge is 0.270 e. The molecule has 0 saturated heterocycles. The number of thiocarbonyl (C=S) groups is 1. The Balaban J connectivity index is 1.91. The molecule has 3 N–H and O–H groups in total. The molecular weight excluding hydrogens is 338 g/mol. The van der Waals surface area contributed by atoms with Gasteiger partial charge in [-0.2, -0.15) is 0 Å². The molecule has 2 rings (SSSR count). The minimum Gasteiger partial charge on any atom is -0.361 e. The average molecular weight is 368 g/mol. The third-order valence-corrected chi connectivity index (χ3v) is 6.03. The van der Waals surface area contributed by atoms with Crippen LogP contribution in [-0.2, 0) is 12.8 Å². The quantitative estimate of drug-likeness (QED) is 0.430. The van der Waals surface area contributed by atoms with Crippen LogP contribution in [0.1, 0.15) is 67.8 Å². The van der Waals surface area contributed by atoms with Crippen molar-refractivity contribution in [3.63, 3.8) is 0 Å². The maximum Gasteiger partial charge on any atom is 0.270 e. The van der Waals surface area contributed by atoms with E-state index < -0.39 is 0 Å². The lowest BCUT2D eigenvalue weighted by Crippen LogP contribution is -2.47. The van der Waals surface area contributed by atoms with E-state index in [-0.39, 0.29) is 5.91 Å². The Morgan fingerprint density at radius 3 is 2.79 bits per heavy atom. The van der Waals surface area contributed by atoms with Gasteiger partial charge in [0.25, 0.3) is 5.91 Å². The topological polar surface area (TPSA) is 53.2 Å². The molecule has 24 heavy (non-hydrogen) atoms. The molecule has 0 aromatic carbocycles. The van der Waals surface area contributed by atoms with Gasteiger partial charge in [-0.3, -0.25) is 15.6 Å². The Kier molecular flexibility index (Phi) is 6.63. The van der Waals surface area contributed by atoms with Gasteiger partial charge in [0.15, 0.2) is 5.11 Å². The second-order valence-corrected chi connectivity index (χ2v) is 8.92. The Bertz CT molecular complexity index is 590. The average Bonchev–Trinajstić information content (AvgIpc) is 2.95. The fraction of sp³-hybridized carbons (Fsp3) is 0.667. The second-order valence-electron chi connectivity index (χ2n) is 7.55. The zero-order chi connectivity index (χ0) is 17.7. The number of thiophene rings is 1. The number of nitrogens with one attached hydrogen (secondary N) is 3. The normalized spacial score (nSPS) is 17.1. The van der Waals surface area contributed by atoms with Crippen molar-refractivity contribution in [3.8, 4) is 0 Å². The van der Waals surface area contributed by atoms with Crippen molar-refractivity contribution in [3.05, 3.63) is 21.4 Å². The molecule has 6 heteroatoms. The largest absolute Gasteiger partial charge is 0.361 e. The van der Waals surface area contributed by atoms with Crippen molar-refractivity contribution in [2.45, 2.75) is 59.8 Å². The fourth-order valence-corrected chi connectivity index (χ4v) is 4.36. The lowest BCUT2D eigenvalue weighted by Gasteiger charge is -2.34. The Labute approximate surface area is 154 Å². The van der Waals surface area contributed by atoms with E-state index in [1.165, 1.54) is 10.4 Å². The monoisotopic (exact) mass is 367 g/mol. The van der Waals surface area contributed by atoms with Crippen LogP contribution in [0.4, 0.5) is 0 Å². The van der Waals surface area contributed by atoms with Crippen LogP contribution in [0.15, 0.2) is 5.38 Å². The summed E-state index contributed by atoms with van der Waals surface area (Å²) in [4.78, 5) is 13.8. The molecule has 1 atom stereocenters. The maximum atomic E-state index is 12.4. The fourth-order valence-electron chi connectivity index (χ4n) is 3.05. The molecule has 1 aromatic rings. The molecule has 1 amide bonds. The van der Waals surface area contributed by atoms with Crippen molar-refractivity contribution in [1.29, 1.82) is 0 Å². The highest BCUT2D eigenvalue weighted by Gasteiger charge is 2.31. The third-order valence-electron chi connectivity index (χ3n) is 4.73. The van der Waals surface area contributed by atoms with Gasteiger partial charge in [0.2, 0.25) is 0 Å². The summed E-state index contributed by atoms with van der Waals surface area (Å²) < 4.78 is 0. The number of hydrogen-bond donors (Lipinski definition) is 3. The summed E-state index contributed by atoms with van der Waals surface area (Å²) >= 11 is 6.87. The number of fused-ring (bicyclic) bond motifs is 1. The summed E-state index contributed by atoms with van der Waals surface area (Å²) in [7, 11) is 0. The first kappa shape index (κ1) is 19.2. The summed E-state index contributed by atoms with van der Waals surface area (Å²) in [6, 6.07) is 0. The van der Waals surface area contributed by atoms with E-state index in [0.29, 0.717) is 16.4 Å². The molecule has 0 saturated carbocycles. The van der Waals surface area contributed by atoms with Gasteiger partial charge in [-0.15, -0.1) is 11.3 Å². The van der Waals surface area contributed by atoms with Crippen LogP contribution < -0.4 is 16.2 Å². The summed E-state index contributed by atoms with van der Waals surface area (Å²) in [5, 5.41) is 5.53. The maximum absolute atomic E-state index is 12.4. The third kappa shape index (κ3) is 4.93. The minimum absolute atomic E-state index is 0.0960. The van der Waals surface area contributed by atoms with Gasteiger partial charge in [0.05, 0.1) is 5.56 Å². The van der Waals surface area contributed by atoms with E-state index >= 15 is 0 Å². The van der Waals surface area contributed by atoms with E-state index in [2.05, 4.69) is 43.9 Å². The molecule has 1 aliphatic carbocycles. The summed E-state index contributed by atoms with van der Waals surface area (Å²) in [6.45, 7) is 9.87. The number of amides is 1. The number of hydrazine groups is 1. The molecule has 1 aromatic heterocycles. The van der Waals surface area contributed by atoms with Gasteiger partial charge in [0, 0.05) is 16.8 Å². The van der Waals surface area contributed by atoms with Gasteiger partial charge < -0.3 is 5.32 Å². The van der Waals surface area contributed by atoms with Gasteiger partial charge in [-0.1, -0.05) is 34.1 Å². The number of unbranched alkanes of at least 4 members (excludes halogenated alkanes) is 1. The van der Waals surface area contributed by atoms with E-state index in [0.717, 1.165) is 44.2 Å². The molecule has 0 unspecified atom stereocenters. The number of rotatable bonds is 4. The highest BCUT2D eigenvalue weighted by atomic mass is 32.1. The van der Waals surface area contributed by atoms with Crippen molar-refractivity contribution < 1.29 is 4.79 Å². The van der Waals surface area contributed by atoms with E-state index in [1.54, 1.807) is 11.3 Å². The standard InChI is InChI=1S/C18H29N3OS2/c1-5-6-9-19-17(23)21-20-16(22)14-11-24-15-10-12(18(2,3)4)7-8-13(14)15/h11-12H,5-10H2,1-4H3,(H,20,22)(H2,19,21,23)/t12-/m1/s1. The van der Waals surface area contributed by atoms with E-state index in [1.807, 2.05) is 5.38 Å². The predicted molar refractivity (Wildman–Crippen MR) is 105 cm³/mol. The summed E-state index contributed by atoms with van der Waals surface area (Å²) in [5.41, 5.74) is 7.86. The van der Waals surface area contributed by atoms with Crippen molar-refractivity contribution in [2.24, 2.45) is 11.3 Å². The van der Waals surface area contributed by atoms with Crippen LogP contribution >= 0.6 is 23.6 Å². The van der Waals surface area contributed by atoms with E-state index in [9.17, 15) is 4.79 Å². The molecule has 0 fully saturated rings. The summed E-state index contributed by atoms with van der Waals surface area (Å²) in [5.74, 6) is 0.592. The Morgan fingerprint density at radius 2 is 2.12 bits per heavy atom. The van der Waals surface area contributed by atoms with Crippen LogP contribution in [-0.4, -0.2) is 17.6 Å². The molecule has 134 valence electrons. The number of carbonyl (C=O) groups excluding carboxylic acids is 1. The lowest BCUT2D eigenvalue weighted by atomic mass is 9.72. The van der Waals surface area contributed by atoms with E-state index in [4.69, 9.17) is 12.2 Å². The minimum atomic E-state index is -0.0960. The highest BCUT2D eigenvalue weighted by molar-refractivity contribution is 7.80. The van der Waals surface area contributed by atoms with Crippen LogP contribution in [0, 0.1) is 11.3 Å². The van der Waals surface area contributed by atoms with Crippen LogP contribution in [0.3, 0.4) is 0 Å². The molecule has 0 aliphatic heterocycles. The molecule has 0 radical (unpaired) electrons. The van der Waals surface area contributed by atoms with Crippen molar-refractivity contribution in [1.82, 2.24) is 16.2 Å². The van der Waals surface area contributed by atoms with Crippen molar-refractivity contribution in [2.75, 3.05) is 6.54 Å². The Hall–Kier alpha value is -1.14. The highest BCUT2D eigenvalue weighted by Crippen LogP contribution is 2.40. The van der Waals surface area contributed by atoms with Crippen LogP contribution in [0.2, 0.25) is 0 Å².